The van der Waals surface area contributed by atoms with Crippen molar-refractivity contribution >= 4 is 61.5 Å². The molecule has 3 aromatic rings. The van der Waals surface area contributed by atoms with E-state index in [2.05, 4.69) is 5.32 Å². The van der Waals surface area contributed by atoms with Crippen molar-refractivity contribution in [2.75, 3.05) is 17.4 Å². The SMILES string of the molecule is CC(C)CNC(=O)[C@@H](C)N(Cc1ccc(Cl)cc1Cl)C(=O)CCCN1c2cccc3cccc(c23)S1(=O)=O. The number of carbonyl (C=O) groups is 2. The van der Waals surface area contributed by atoms with Crippen LogP contribution in [0, 0.1) is 5.92 Å². The maximum Gasteiger partial charge on any atom is 0.265 e. The fraction of sp³-hybridized carbons (Fsp3) is 0.357. The Bertz CT molecular complexity index is 1470. The Morgan fingerprint density at radius 1 is 1.03 bits per heavy atom. The minimum absolute atomic E-state index is 0.0609. The Morgan fingerprint density at radius 2 is 1.74 bits per heavy atom. The summed E-state index contributed by atoms with van der Waals surface area (Å²) in [5.74, 6) is -0.270. The van der Waals surface area contributed by atoms with E-state index < -0.39 is 16.1 Å². The molecule has 4 rings (SSSR count). The number of sulfonamides is 1. The maximum atomic E-state index is 13.5. The zero-order chi connectivity index (χ0) is 27.6. The predicted molar refractivity (Wildman–Crippen MR) is 152 cm³/mol. The van der Waals surface area contributed by atoms with Crippen LogP contribution in [0.4, 0.5) is 5.69 Å². The van der Waals surface area contributed by atoms with Crippen molar-refractivity contribution in [2.45, 2.75) is 51.1 Å². The van der Waals surface area contributed by atoms with Gasteiger partial charge in [-0.05, 0) is 54.5 Å². The molecular weight excluding hydrogens is 545 g/mol. The number of nitrogens with one attached hydrogen (secondary N) is 1. The van der Waals surface area contributed by atoms with Crippen LogP contribution in [0.15, 0.2) is 59.5 Å². The lowest BCUT2D eigenvalue weighted by Crippen LogP contribution is -2.48. The molecule has 3 aromatic carbocycles. The molecule has 1 atom stereocenters. The highest BCUT2D eigenvalue weighted by Gasteiger charge is 2.35. The highest BCUT2D eigenvalue weighted by atomic mass is 35.5. The third-order valence-electron chi connectivity index (χ3n) is 6.64. The second-order valence-electron chi connectivity index (χ2n) is 9.88. The van der Waals surface area contributed by atoms with Crippen LogP contribution < -0.4 is 9.62 Å². The molecule has 0 aliphatic carbocycles. The van der Waals surface area contributed by atoms with Crippen molar-refractivity contribution in [1.82, 2.24) is 10.2 Å². The summed E-state index contributed by atoms with van der Waals surface area (Å²) in [4.78, 5) is 28.1. The van der Waals surface area contributed by atoms with Crippen molar-refractivity contribution in [3.63, 3.8) is 0 Å². The Morgan fingerprint density at radius 3 is 2.42 bits per heavy atom. The first-order valence-electron chi connectivity index (χ1n) is 12.6. The number of rotatable bonds is 10. The zero-order valence-electron chi connectivity index (χ0n) is 21.6. The Labute approximate surface area is 233 Å². The third-order valence-corrected chi connectivity index (χ3v) is 9.08. The molecule has 0 radical (unpaired) electrons. The number of nitrogens with zero attached hydrogens (tertiary/aromatic N) is 2. The number of carbonyl (C=O) groups excluding carboxylic acids is 2. The first-order chi connectivity index (χ1) is 18.0. The number of amides is 2. The summed E-state index contributed by atoms with van der Waals surface area (Å²) in [7, 11) is -3.71. The summed E-state index contributed by atoms with van der Waals surface area (Å²) in [6, 6.07) is 15.0. The molecule has 0 spiro atoms. The molecule has 1 aliphatic rings. The van der Waals surface area contributed by atoms with E-state index in [-0.39, 0.29) is 48.6 Å². The van der Waals surface area contributed by atoms with Crippen LogP contribution in [-0.2, 0) is 26.2 Å². The van der Waals surface area contributed by atoms with E-state index in [4.69, 9.17) is 23.2 Å². The van der Waals surface area contributed by atoms with E-state index in [0.29, 0.717) is 33.2 Å². The van der Waals surface area contributed by atoms with Crippen molar-refractivity contribution in [2.24, 2.45) is 5.92 Å². The molecule has 0 saturated heterocycles. The molecule has 0 aromatic heterocycles. The van der Waals surface area contributed by atoms with Crippen LogP contribution in [0.3, 0.4) is 0 Å². The second kappa shape index (κ2) is 11.5. The molecule has 0 bridgehead atoms. The molecule has 2 amide bonds. The van der Waals surface area contributed by atoms with Crippen molar-refractivity contribution < 1.29 is 18.0 Å². The summed E-state index contributed by atoms with van der Waals surface area (Å²) >= 11 is 12.4. The van der Waals surface area contributed by atoms with Gasteiger partial charge in [0.15, 0.2) is 0 Å². The Hall–Kier alpha value is -2.81. The number of hydrogen-bond acceptors (Lipinski definition) is 4. The second-order valence-corrected chi connectivity index (χ2v) is 12.6. The van der Waals surface area contributed by atoms with E-state index in [1.165, 1.54) is 9.21 Å². The summed E-state index contributed by atoms with van der Waals surface area (Å²) < 4.78 is 27.9. The molecule has 1 heterocycles. The lowest BCUT2D eigenvalue weighted by atomic mass is 10.1. The molecule has 202 valence electrons. The fourth-order valence-corrected chi connectivity index (χ4v) is 6.80. The lowest BCUT2D eigenvalue weighted by molar-refractivity contribution is -0.140. The van der Waals surface area contributed by atoms with E-state index in [1.807, 2.05) is 32.0 Å². The molecule has 10 heteroatoms. The number of benzene rings is 3. The van der Waals surface area contributed by atoms with Crippen LogP contribution >= 0.6 is 23.2 Å². The van der Waals surface area contributed by atoms with E-state index in [0.717, 1.165) is 5.39 Å². The van der Waals surface area contributed by atoms with E-state index in [1.54, 1.807) is 43.3 Å². The molecule has 1 aliphatic heterocycles. The standard InChI is InChI=1S/C28H31Cl2N3O4S/c1-18(2)16-31-28(35)19(3)32(17-21-12-13-22(29)15-23(21)30)26(34)11-6-14-33-24-9-4-7-20-8-5-10-25(27(20)24)38(33,36)37/h4-5,7-10,12-13,15,18-19H,6,11,14,16-17H2,1-3H3,(H,31,35)/t19-/m1/s1. The van der Waals surface area contributed by atoms with Gasteiger partial charge in [-0.3, -0.25) is 13.9 Å². The van der Waals surface area contributed by atoms with Crippen molar-refractivity contribution in [3.8, 4) is 0 Å². The van der Waals surface area contributed by atoms with Gasteiger partial charge >= 0.3 is 0 Å². The first kappa shape index (κ1) is 28.2. The number of halogens is 2. The third kappa shape index (κ3) is 5.77. The largest absolute Gasteiger partial charge is 0.354 e. The molecule has 0 unspecified atom stereocenters. The van der Waals surface area contributed by atoms with Crippen LogP contribution in [0.1, 0.15) is 39.2 Å². The highest BCUT2D eigenvalue weighted by Crippen LogP contribution is 2.42. The summed E-state index contributed by atoms with van der Waals surface area (Å²) in [6.07, 6.45) is 0.346. The predicted octanol–water partition coefficient (Wildman–Crippen LogP) is 5.63. The average molecular weight is 577 g/mol. The van der Waals surface area contributed by atoms with Gasteiger partial charge in [-0.1, -0.05) is 67.4 Å². The monoisotopic (exact) mass is 575 g/mol. The topological polar surface area (TPSA) is 86.8 Å². The van der Waals surface area contributed by atoms with Crippen LogP contribution in [0.5, 0.6) is 0 Å². The quantitative estimate of drug-likeness (QED) is 0.339. The molecular formula is C28H31Cl2N3O4S. The first-order valence-corrected chi connectivity index (χ1v) is 14.8. The number of anilines is 1. The van der Waals surface area contributed by atoms with Crippen LogP contribution in [0.25, 0.3) is 10.8 Å². The average Bonchev–Trinajstić information content (AvgIpc) is 3.09. The molecule has 0 saturated carbocycles. The smallest absolute Gasteiger partial charge is 0.265 e. The normalized spacial score (nSPS) is 14.6. The van der Waals surface area contributed by atoms with Gasteiger partial charge in [0.25, 0.3) is 10.0 Å². The van der Waals surface area contributed by atoms with Gasteiger partial charge in [-0.25, -0.2) is 8.42 Å². The minimum atomic E-state index is -3.71. The van der Waals surface area contributed by atoms with Gasteiger partial charge < -0.3 is 10.2 Å². The zero-order valence-corrected chi connectivity index (χ0v) is 23.9. The minimum Gasteiger partial charge on any atom is -0.354 e. The van der Waals surface area contributed by atoms with Crippen LogP contribution in [0.2, 0.25) is 10.0 Å². The fourth-order valence-electron chi connectivity index (χ4n) is 4.58. The highest BCUT2D eigenvalue weighted by molar-refractivity contribution is 7.93. The van der Waals surface area contributed by atoms with Gasteiger partial charge in [0.2, 0.25) is 11.8 Å². The van der Waals surface area contributed by atoms with Gasteiger partial charge in [0.1, 0.15) is 6.04 Å². The van der Waals surface area contributed by atoms with Gasteiger partial charge in [-0.2, -0.15) is 0 Å². The van der Waals surface area contributed by atoms with Gasteiger partial charge in [0, 0.05) is 41.5 Å². The van der Waals surface area contributed by atoms with Crippen molar-refractivity contribution in [3.05, 3.63) is 70.2 Å². The molecule has 38 heavy (non-hydrogen) atoms. The molecule has 1 N–H and O–H groups in total. The van der Waals surface area contributed by atoms with Crippen molar-refractivity contribution in [1.29, 1.82) is 0 Å². The number of hydrogen-bond donors (Lipinski definition) is 1. The molecule has 7 nitrogen and oxygen atoms in total. The van der Waals surface area contributed by atoms with Gasteiger partial charge in [-0.15, -0.1) is 0 Å². The Balaban J connectivity index is 1.50. The van der Waals surface area contributed by atoms with E-state index >= 15 is 0 Å². The maximum absolute atomic E-state index is 13.5. The van der Waals surface area contributed by atoms with Crippen LogP contribution in [-0.4, -0.2) is 44.3 Å². The summed E-state index contributed by atoms with van der Waals surface area (Å²) in [5, 5.41) is 5.32. The summed E-state index contributed by atoms with van der Waals surface area (Å²) in [6.45, 7) is 6.42. The summed E-state index contributed by atoms with van der Waals surface area (Å²) in [5.41, 5.74) is 1.29. The van der Waals surface area contributed by atoms with E-state index in [9.17, 15) is 18.0 Å². The Kier molecular flexibility index (Phi) is 8.55. The lowest BCUT2D eigenvalue weighted by Gasteiger charge is -2.29. The van der Waals surface area contributed by atoms with Gasteiger partial charge in [0.05, 0.1) is 10.6 Å². The molecule has 0 fully saturated rings.